The molecule has 1 aliphatic heterocycles. The van der Waals surface area contributed by atoms with E-state index >= 15 is 0 Å². The van der Waals surface area contributed by atoms with Gasteiger partial charge in [-0.1, -0.05) is 18.2 Å². The van der Waals surface area contributed by atoms with Crippen molar-refractivity contribution in [2.24, 2.45) is 5.92 Å². The van der Waals surface area contributed by atoms with Gasteiger partial charge in [0.2, 0.25) is 5.91 Å². The molecule has 2 aromatic rings. The summed E-state index contributed by atoms with van der Waals surface area (Å²) in [4.78, 5) is 38.4. The number of amides is 2. The predicted octanol–water partition coefficient (Wildman–Crippen LogP) is 2.63. The van der Waals surface area contributed by atoms with E-state index in [0.29, 0.717) is 29.5 Å². The third kappa shape index (κ3) is 5.08. The number of methoxy groups -OCH3 is 1. The zero-order valence-corrected chi connectivity index (χ0v) is 16.9. The fourth-order valence-corrected chi connectivity index (χ4v) is 3.19. The maximum absolute atomic E-state index is 12.4. The first-order valence-corrected chi connectivity index (χ1v) is 9.64. The highest BCUT2D eigenvalue weighted by atomic mass is 16.5. The van der Waals surface area contributed by atoms with Crippen molar-refractivity contribution < 1.29 is 28.6 Å². The Balaban J connectivity index is 1.54. The smallest absolute Gasteiger partial charge is 0.311 e. The lowest BCUT2D eigenvalue weighted by Gasteiger charge is -2.17. The van der Waals surface area contributed by atoms with E-state index < -0.39 is 24.4 Å². The molecular weight excluding hydrogens is 388 g/mol. The standard InChI is InChI=1S/C22H24N2O6/c1-3-29-19-10-5-4-9-18(19)23-20(25)14-30-22(27)15-11-21(26)24(13-15)16-7-6-8-17(12-16)28-2/h4-10,12,15H,3,11,13-14H2,1-2H3,(H,23,25). The molecule has 1 saturated heterocycles. The van der Waals surface area contributed by atoms with Crippen molar-refractivity contribution in [2.75, 3.05) is 37.1 Å². The first kappa shape index (κ1) is 21.2. The molecule has 0 bridgehead atoms. The molecule has 1 fully saturated rings. The number of carbonyl (C=O) groups excluding carboxylic acids is 3. The molecule has 1 aliphatic rings. The van der Waals surface area contributed by atoms with Crippen LogP contribution in [0.1, 0.15) is 13.3 Å². The third-order valence-electron chi connectivity index (χ3n) is 4.63. The van der Waals surface area contributed by atoms with E-state index in [9.17, 15) is 14.4 Å². The van der Waals surface area contributed by atoms with Crippen molar-refractivity contribution in [3.05, 3.63) is 48.5 Å². The Kier molecular flexibility index (Phi) is 6.90. The Hall–Kier alpha value is -3.55. The average molecular weight is 412 g/mol. The van der Waals surface area contributed by atoms with Crippen molar-refractivity contribution in [1.29, 1.82) is 0 Å². The monoisotopic (exact) mass is 412 g/mol. The minimum absolute atomic E-state index is 0.0326. The zero-order chi connectivity index (χ0) is 21.5. The molecule has 1 heterocycles. The van der Waals surface area contributed by atoms with Gasteiger partial charge in [-0.15, -0.1) is 0 Å². The maximum atomic E-state index is 12.4. The summed E-state index contributed by atoms with van der Waals surface area (Å²) < 4.78 is 15.8. The predicted molar refractivity (Wildman–Crippen MR) is 111 cm³/mol. The van der Waals surface area contributed by atoms with Crippen LogP contribution in [0, 0.1) is 5.92 Å². The molecule has 3 rings (SSSR count). The van der Waals surface area contributed by atoms with Gasteiger partial charge in [-0.2, -0.15) is 0 Å². The lowest BCUT2D eigenvalue weighted by molar-refractivity contribution is -0.151. The second-order valence-electron chi connectivity index (χ2n) is 6.69. The van der Waals surface area contributed by atoms with Gasteiger partial charge in [-0.05, 0) is 31.2 Å². The van der Waals surface area contributed by atoms with E-state index in [2.05, 4.69) is 5.32 Å². The Morgan fingerprint density at radius 2 is 1.97 bits per heavy atom. The van der Waals surface area contributed by atoms with Gasteiger partial charge in [0.25, 0.3) is 5.91 Å². The first-order valence-electron chi connectivity index (χ1n) is 9.64. The zero-order valence-electron chi connectivity index (χ0n) is 16.9. The SMILES string of the molecule is CCOc1ccccc1NC(=O)COC(=O)C1CC(=O)N(c2cccc(OC)c2)C1. The summed E-state index contributed by atoms with van der Waals surface area (Å²) in [6.07, 6.45) is 0.0326. The number of ether oxygens (including phenoxy) is 3. The molecule has 1 unspecified atom stereocenters. The average Bonchev–Trinajstić information content (AvgIpc) is 3.15. The highest BCUT2D eigenvalue weighted by molar-refractivity contribution is 6.00. The van der Waals surface area contributed by atoms with Gasteiger partial charge in [-0.25, -0.2) is 0 Å². The van der Waals surface area contributed by atoms with Crippen molar-refractivity contribution in [1.82, 2.24) is 0 Å². The lowest BCUT2D eigenvalue weighted by atomic mass is 10.1. The number of hydrogen-bond donors (Lipinski definition) is 1. The quantitative estimate of drug-likeness (QED) is 0.670. The summed E-state index contributed by atoms with van der Waals surface area (Å²) in [7, 11) is 1.54. The van der Waals surface area contributed by atoms with E-state index in [1.807, 2.05) is 6.92 Å². The van der Waals surface area contributed by atoms with Gasteiger partial charge in [-0.3, -0.25) is 14.4 Å². The molecule has 1 N–H and O–H groups in total. The Morgan fingerprint density at radius 1 is 1.17 bits per heavy atom. The van der Waals surface area contributed by atoms with Gasteiger partial charge in [0.05, 0.1) is 25.3 Å². The second kappa shape index (κ2) is 9.78. The molecule has 158 valence electrons. The van der Waals surface area contributed by atoms with Crippen LogP contribution in [-0.2, 0) is 19.1 Å². The molecule has 2 amide bonds. The van der Waals surface area contributed by atoms with Crippen LogP contribution in [0.5, 0.6) is 11.5 Å². The Labute approximate surface area is 174 Å². The molecule has 30 heavy (non-hydrogen) atoms. The molecular formula is C22H24N2O6. The number of benzene rings is 2. The molecule has 2 aromatic carbocycles. The van der Waals surface area contributed by atoms with Gasteiger partial charge >= 0.3 is 5.97 Å². The van der Waals surface area contributed by atoms with Gasteiger partial charge < -0.3 is 24.4 Å². The van der Waals surface area contributed by atoms with Gasteiger partial charge in [0, 0.05) is 24.7 Å². The van der Waals surface area contributed by atoms with Crippen LogP contribution in [0.15, 0.2) is 48.5 Å². The number of nitrogens with one attached hydrogen (secondary N) is 1. The van der Waals surface area contributed by atoms with Crippen LogP contribution in [0.2, 0.25) is 0 Å². The number of esters is 1. The van der Waals surface area contributed by atoms with Gasteiger partial charge in [0.1, 0.15) is 11.5 Å². The number of carbonyl (C=O) groups is 3. The minimum atomic E-state index is -0.632. The van der Waals surface area contributed by atoms with Crippen LogP contribution >= 0.6 is 0 Å². The third-order valence-corrected chi connectivity index (χ3v) is 4.63. The molecule has 0 saturated carbocycles. The fraction of sp³-hybridized carbons (Fsp3) is 0.318. The highest BCUT2D eigenvalue weighted by Gasteiger charge is 2.36. The summed E-state index contributed by atoms with van der Waals surface area (Å²) in [5.41, 5.74) is 1.15. The van der Waals surface area contributed by atoms with E-state index in [1.165, 1.54) is 4.90 Å². The van der Waals surface area contributed by atoms with Crippen LogP contribution < -0.4 is 19.7 Å². The van der Waals surface area contributed by atoms with Crippen LogP contribution in [0.4, 0.5) is 11.4 Å². The molecule has 8 nitrogen and oxygen atoms in total. The molecule has 8 heteroatoms. The summed E-state index contributed by atoms with van der Waals surface area (Å²) in [5, 5.41) is 2.66. The topological polar surface area (TPSA) is 94.2 Å². The Bertz CT molecular complexity index is 929. The van der Waals surface area contributed by atoms with Crippen molar-refractivity contribution >= 4 is 29.2 Å². The maximum Gasteiger partial charge on any atom is 0.311 e. The number of rotatable bonds is 8. The lowest BCUT2D eigenvalue weighted by Crippen LogP contribution is -2.28. The van der Waals surface area contributed by atoms with Crippen molar-refractivity contribution in [3.8, 4) is 11.5 Å². The summed E-state index contributed by atoms with van der Waals surface area (Å²) >= 11 is 0. The summed E-state index contributed by atoms with van der Waals surface area (Å²) in [5.74, 6) is -0.718. The number of anilines is 2. The summed E-state index contributed by atoms with van der Waals surface area (Å²) in [6.45, 7) is 2.06. The first-order chi connectivity index (χ1) is 14.5. The molecule has 0 aromatic heterocycles. The highest BCUT2D eigenvalue weighted by Crippen LogP contribution is 2.28. The van der Waals surface area contributed by atoms with Gasteiger partial charge in [0.15, 0.2) is 6.61 Å². The number of para-hydroxylation sites is 2. The van der Waals surface area contributed by atoms with Crippen molar-refractivity contribution in [2.45, 2.75) is 13.3 Å². The molecule has 0 radical (unpaired) electrons. The van der Waals surface area contributed by atoms with Crippen LogP contribution in [0.3, 0.4) is 0 Å². The molecule has 0 aliphatic carbocycles. The minimum Gasteiger partial charge on any atom is -0.497 e. The van der Waals surface area contributed by atoms with Crippen molar-refractivity contribution in [3.63, 3.8) is 0 Å². The van der Waals surface area contributed by atoms with Crippen LogP contribution in [0.25, 0.3) is 0 Å². The van der Waals surface area contributed by atoms with E-state index in [0.717, 1.165) is 0 Å². The number of hydrogen-bond acceptors (Lipinski definition) is 6. The number of nitrogens with zero attached hydrogens (tertiary/aromatic N) is 1. The van der Waals surface area contributed by atoms with E-state index in [4.69, 9.17) is 14.2 Å². The fourth-order valence-electron chi connectivity index (χ4n) is 3.19. The summed E-state index contributed by atoms with van der Waals surface area (Å²) in [6, 6.07) is 14.1. The normalized spacial score (nSPS) is 15.6. The Morgan fingerprint density at radius 3 is 2.73 bits per heavy atom. The molecule has 0 spiro atoms. The molecule has 1 atom stereocenters. The van der Waals surface area contributed by atoms with E-state index in [1.54, 1.807) is 55.6 Å². The largest absolute Gasteiger partial charge is 0.497 e. The second-order valence-corrected chi connectivity index (χ2v) is 6.69. The van der Waals surface area contributed by atoms with E-state index in [-0.39, 0.29) is 18.9 Å². The van der Waals surface area contributed by atoms with Crippen LogP contribution in [-0.4, -0.2) is 44.7 Å².